The molecule has 0 spiro atoms. The second-order valence-corrected chi connectivity index (χ2v) is 4.03. The van der Waals surface area contributed by atoms with Gasteiger partial charge in [0.1, 0.15) is 5.82 Å². The summed E-state index contributed by atoms with van der Waals surface area (Å²) >= 11 is 0. The fourth-order valence-electron chi connectivity index (χ4n) is 1.45. The Morgan fingerprint density at radius 2 is 2.35 bits per heavy atom. The Morgan fingerprint density at radius 3 is 3.06 bits per heavy atom. The molecule has 0 aliphatic carbocycles. The van der Waals surface area contributed by atoms with Gasteiger partial charge in [0.25, 0.3) is 0 Å². The molecule has 5 nitrogen and oxygen atoms in total. The van der Waals surface area contributed by atoms with E-state index < -0.39 is 6.10 Å². The second kappa shape index (κ2) is 4.68. The van der Waals surface area contributed by atoms with Gasteiger partial charge < -0.3 is 21.1 Å². The average molecular weight is 238 g/mol. The molecule has 0 fully saturated rings. The quantitative estimate of drug-likeness (QED) is 0.635. The maximum atomic E-state index is 12.9. The highest BCUT2D eigenvalue weighted by Gasteiger charge is 2.10. The molecular formula is C11H15FN4O. The smallest absolute Gasteiger partial charge is 0.201 e. The number of aromatic nitrogens is 2. The zero-order valence-corrected chi connectivity index (χ0v) is 9.44. The molecule has 0 saturated carbocycles. The number of halogens is 1. The van der Waals surface area contributed by atoms with Crippen molar-refractivity contribution in [2.45, 2.75) is 19.1 Å². The summed E-state index contributed by atoms with van der Waals surface area (Å²) in [6.45, 7) is 2.01. The molecule has 2 unspecified atom stereocenters. The monoisotopic (exact) mass is 238 g/mol. The number of anilines is 1. The second-order valence-electron chi connectivity index (χ2n) is 4.03. The lowest BCUT2D eigenvalue weighted by atomic mass is 10.2. The minimum Gasteiger partial charge on any atom is -0.392 e. The van der Waals surface area contributed by atoms with Crippen molar-refractivity contribution in [3.63, 3.8) is 0 Å². The largest absolute Gasteiger partial charge is 0.392 e. The van der Waals surface area contributed by atoms with Crippen molar-refractivity contribution in [3.05, 3.63) is 24.0 Å². The number of hydrogen-bond acceptors (Lipinski definition) is 4. The predicted octanol–water partition coefficient (Wildman–Crippen LogP) is 0.822. The number of fused-ring (bicyclic) bond motifs is 1. The molecule has 1 heterocycles. The summed E-state index contributed by atoms with van der Waals surface area (Å²) in [7, 11) is 0. The van der Waals surface area contributed by atoms with Crippen molar-refractivity contribution < 1.29 is 9.50 Å². The number of nitrogens with two attached hydrogens (primary N) is 1. The van der Waals surface area contributed by atoms with Gasteiger partial charge in [-0.05, 0) is 25.1 Å². The van der Waals surface area contributed by atoms with Gasteiger partial charge in [-0.1, -0.05) is 0 Å². The standard InChI is InChI=1S/C11H15FN4O/c1-6(17)8(13)5-14-11-15-9-3-2-7(12)4-10(9)16-11/h2-4,6,8,17H,5,13H2,1H3,(H2,14,15,16). The van der Waals surface area contributed by atoms with Crippen LogP contribution in [0.3, 0.4) is 0 Å². The summed E-state index contributed by atoms with van der Waals surface area (Å²) in [6, 6.07) is 3.96. The molecule has 0 radical (unpaired) electrons. The summed E-state index contributed by atoms with van der Waals surface area (Å²) in [5.41, 5.74) is 6.97. The lowest BCUT2D eigenvalue weighted by molar-refractivity contribution is 0.168. The van der Waals surface area contributed by atoms with Crippen molar-refractivity contribution >= 4 is 17.0 Å². The minimum absolute atomic E-state index is 0.312. The maximum Gasteiger partial charge on any atom is 0.201 e. The summed E-state index contributed by atoms with van der Waals surface area (Å²) in [4.78, 5) is 7.15. The summed E-state index contributed by atoms with van der Waals surface area (Å²) in [5.74, 6) is 0.204. The van der Waals surface area contributed by atoms with Crippen LogP contribution in [-0.4, -0.2) is 33.8 Å². The minimum atomic E-state index is -0.593. The van der Waals surface area contributed by atoms with Crippen LogP contribution < -0.4 is 11.1 Å². The molecule has 0 bridgehead atoms. The van der Waals surface area contributed by atoms with Gasteiger partial charge >= 0.3 is 0 Å². The molecule has 0 aliphatic rings. The number of rotatable bonds is 4. The Bertz CT molecular complexity index is 511. The normalized spacial score (nSPS) is 14.8. The molecule has 1 aromatic heterocycles. The van der Waals surface area contributed by atoms with Crippen molar-refractivity contribution in [2.24, 2.45) is 5.73 Å². The van der Waals surface area contributed by atoms with Gasteiger partial charge in [-0.3, -0.25) is 0 Å². The van der Waals surface area contributed by atoms with Gasteiger partial charge in [-0.25, -0.2) is 9.37 Å². The van der Waals surface area contributed by atoms with Crippen LogP contribution in [0.1, 0.15) is 6.92 Å². The SMILES string of the molecule is CC(O)C(N)CNc1nc2ccc(F)cc2[nH]1. The van der Waals surface area contributed by atoms with Crippen molar-refractivity contribution in [2.75, 3.05) is 11.9 Å². The molecule has 2 atom stereocenters. The lowest BCUT2D eigenvalue weighted by Crippen LogP contribution is -2.38. The molecule has 5 N–H and O–H groups in total. The number of nitrogens with zero attached hydrogens (tertiary/aromatic N) is 1. The van der Waals surface area contributed by atoms with Gasteiger partial charge in [-0.15, -0.1) is 0 Å². The number of aromatic amines is 1. The molecular weight excluding hydrogens is 223 g/mol. The Hall–Kier alpha value is -1.66. The van der Waals surface area contributed by atoms with Crippen molar-refractivity contribution in [1.29, 1.82) is 0 Å². The Labute approximate surface area is 97.9 Å². The van der Waals surface area contributed by atoms with Gasteiger partial charge in [0.2, 0.25) is 5.95 Å². The van der Waals surface area contributed by atoms with E-state index >= 15 is 0 Å². The Balaban J connectivity index is 2.09. The first-order valence-corrected chi connectivity index (χ1v) is 5.39. The van der Waals surface area contributed by atoms with Crippen LogP contribution in [0.2, 0.25) is 0 Å². The van der Waals surface area contributed by atoms with Gasteiger partial charge in [0.15, 0.2) is 0 Å². The summed E-state index contributed by atoms with van der Waals surface area (Å²) < 4.78 is 12.9. The highest BCUT2D eigenvalue weighted by Crippen LogP contribution is 2.15. The molecule has 0 amide bonds. The van der Waals surface area contributed by atoms with E-state index in [1.165, 1.54) is 12.1 Å². The first-order chi connectivity index (χ1) is 8.06. The van der Waals surface area contributed by atoms with Crippen LogP contribution in [0, 0.1) is 5.82 Å². The van der Waals surface area contributed by atoms with E-state index in [-0.39, 0.29) is 11.9 Å². The number of hydrogen-bond donors (Lipinski definition) is 4. The highest BCUT2D eigenvalue weighted by atomic mass is 19.1. The summed E-state index contributed by atoms with van der Waals surface area (Å²) in [5, 5.41) is 12.2. The van der Waals surface area contributed by atoms with E-state index in [2.05, 4.69) is 15.3 Å². The van der Waals surface area contributed by atoms with E-state index in [9.17, 15) is 9.50 Å². The lowest BCUT2D eigenvalue weighted by Gasteiger charge is -2.14. The third kappa shape index (κ3) is 2.72. The van der Waals surface area contributed by atoms with Crippen LogP contribution >= 0.6 is 0 Å². The third-order valence-corrected chi connectivity index (χ3v) is 2.57. The van der Waals surface area contributed by atoms with Crippen LogP contribution in [0.15, 0.2) is 18.2 Å². The third-order valence-electron chi connectivity index (χ3n) is 2.57. The Morgan fingerprint density at radius 1 is 1.59 bits per heavy atom. The maximum absolute atomic E-state index is 12.9. The van der Waals surface area contributed by atoms with E-state index in [4.69, 9.17) is 5.73 Å². The average Bonchev–Trinajstić information content (AvgIpc) is 2.67. The zero-order chi connectivity index (χ0) is 12.4. The first kappa shape index (κ1) is 11.8. The van der Waals surface area contributed by atoms with Gasteiger partial charge in [-0.2, -0.15) is 0 Å². The van der Waals surface area contributed by atoms with Gasteiger partial charge in [0.05, 0.1) is 17.1 Å². The predicted molar refractivity (Wildman–Crippen MR) is 64.2 cm³/mol. The molecule has 1 aromatic carbocycles. The highest BCUT2D eigenvalue weighted by molar-refractivity contribution is 5.77. The van der Waals surface area contributed by atoms with Crippen LogP contribution in [0.25, 0.3) is 11.0 Å². The van der Waals surface area contributed by atoms with E-state index in [1.54, 1.807) is 13.0 Å². The summed E-state index contributed by atoms with van der Waals surface area (Å²) in [6.07, 6.45) is -0.593. The van der Waals surface area contributed by atoms with E-state index in [1.807, 2.05) is 0 Å². The molecule has 6 heteroatoms. The van der Waals surface area contributed by atoms with Crippen LogP contribution in [-0.2, 0) is 0 Å². The molecule has 0 saturated heterocycles. The first-order valence-electron chi connectivity index (χ1n) is 5.39. The molecule has 2 aromatic rings. The van der Waals surface area contributed by atoms with E-state index in [0.717, 1.165) is 0 Å². The van der Waals surface area contributed by atoms with E-state index in [0.29, 0.717) is 23.5 Å². The number of H-pyrrole nitrogens is 1. The van der Waals surface area contributed by atoms with Crippen molar-refractivity contribution in [1.82, 2.24) is 9.97 Å². The number of imidazole rings is 1. The molecule has 2 rings (SSSR count). The van der Waals surface area contributed by atoms with Gasteiger partial charge in [0, 0.05) is 12.6 Å². The van der Waals surface area contributed by atoms with Crippen LogP contribution in [0.5, 0.6) is 0 Å². The molecule has 0 aliphatic heterocycles. The zero-order valence-electron chi connectivity index (χ0n) is 9.44. The topological polar surface area (TPSA) is 87.0 Å². The fourth-order valence-corrected chi connectivity index (χ4v) is 1.45. The number of aliphatic hydroxyl groups is 1. The van der Waals surface area contributed by atoms with Crippen molar-refractivity contribution in [3.8, 4) is 0 Å². The number of nitrogens with one attached hydrogen (secondary N) is 2. The fraction of sp³-hybridized carbons (Fsp3) is 0.364. The molecule has 92 valence electrons. The number of benzene rings is 1. The Kier molecular flexibility index (Phi) is 3.26. The molecule has 17 heavy (non-hydrogen) atoms. The van der Waals surface area contributed by atoms with Crippen LogP contribution in [0.4, 0.5) is 10.3 Å². The number of aliphatic hydroxyl groups excluding tert-OH is 1.